The minimum Gasteiger partial charge on any atom is -0.281 e. The first-order chi connectivity index (χ1) is 9.47. The van der Waals surface area contributed by atoms with Crippen LogP contribution in [0.2, 0.25) is 0 Å². The normalized spacial score (nSPS) is 12.2. The predicted molar refractivity (Wildman–Crippen MR) is 74.9 cm³/mol. The molecule has 1 nitrogen and oxygen atoms in total. The molecule has 1 atom stereocenters. The van der Waals surface area contributed by atoms with Gasteiger partial charge in [-0.25, -0.2) is 8.78 Å². The highest BCUT2D eigenvalue weighted by Crippen LogP contribution is 2.30. The molecule has 0 saturated carbocycles. The second-order valence-electron chi connectivity index (χ2n) is 4.68. The van der Waals surface area contributed by atoms with E-state index in [0.717, 1.165) is 5.56 Å². The summed E-state index contributed by atoms with van der Waals surface area (Å²) < 4.78 is 26.7. The molecule has 104 valence electrons. The van der Waals surface area contributed by atoms with Crippen molar-refractivity contribution in [2.75, 3.05) is 0 Å². The topological polar surface area (TPSA) is 17.1 Å². The molecule has 0 fully saturated rings. The van der Waals surface area contributed by atoms with E-state index < -0.39 is 5.24 Å². The zero-order valence-electron chi connectivity index (χ0n) is 10.9. The summed E-state index contributed by atoms with van der Waals surface area (Å²) in [5.41, 5.74) is 1.86. The Kier molecular flexibility index (Phi) is 4.50. The summed E-state index contributed by atoms with van der Waals surface area (Å²) in [6.45, 7) is 1.64. The van der Waals surface area contributed by atoms with Crippen molar-refractivity contribution >= 4 is 16.8 Å². The van der Waals surface area contributed by atoms with E-state index in [1.807, 2.05) is 0 Å². The van der Waals surface area contributed by atoms with Crippen LogP contribution in [0.1, 0.15) is 29.0 Å². The van der Waals surface area contributed by atoms with Crippen LogP contribution in [-0.4, -0.2) is 5.24 Å². The molecule has 0 radical (unpaired) electrons. The molecule has 0 aliphatic heterocycles. The van der Waals surface area contributed by atoms with E-state index in [2.05, 4.69) is 0 Å². The van der Waals surface area contributed by atoms with Crippen LogP contribution >= 0.6 is 11.6 Å². The van der Waals surface area contributed by atoms with Gasteiger partial charge in [0, 0.05) is 12.3 Å². The van der Waals surface area contributed by atoms with Gasteiger partial charge >= 0.3 is 0 Å². The second-order valence-corrected chi connectivity index (χ2v) is 5.10. The van der Waals surface area contributed by atoms with Crippen molar-refractivity contribution in [1.29, 1.82) is 0 Å². The molecule has 0 aromatic heterocycles. The van der Waals surface area contributed by atoms with Gasteiger partial charge in [0.05, 0.1) is 0 Å². The highest BCUT2D eigenvalue weighted by Gasteiger charge is 2.18. The monoisotopic (exact) mass is 294 g/mol. The second kappa shape index (κ2) is 6.14. The fraction of sp³-hybridized carbons (Fsp3) is 0.188. The van der Waals surface area contributed by atoms with Gasteiger partial charge in [-0.3, -0.25) is 4.79 Å². The Labute approximate surface area is 121 Å². The molecule has 0 bridgehead atoms. The lowest BCUT2D eigenvalue weighted by Crippen LogP contribution is -2.06. The van der Waals surface area contributed by atoms with Crippen LogP contribution in [0.5, 0.6) is 0 Å². The van der Waals surface area contributed by atoms with Gasteiger partial charge in [0.25, 0.3) is 0 Å². The molecule has 1 unspecified atom stereocenters. The summed E-state index contributed by atoms with van der Waals surface area (Å²) in [6.07, 6.45) is 0.0378. The number of carbonyl (C=O) groups is 1. The summed E-state index contributed by atoms with van der Waals surface area (Å²) >= 11 is 5.48. The van der Waals surface area contributed by atoms with Crippen LogP contribution in [-0.2, 0) is 4.79 Å². The molecule has 4 heteroatoms. The first-order valence-electron chi connectivity index (χ1n) is 6.17. The van der Waals surface area contributed by atoms with Crippen molar-refractivity contribution in [2.24, 2.45) is 0 Å². The molecular weight excluding hydrogens is 282 g/mol. The van der Waals surface area contributed by atoms with E-state index in [-0.39, 0.29) is 24.0 Å². The molecule has 0 aliphatic rings. The Bertz CT molecular complexity index is 640. The molecule has 2 aromatic carbocycles. The number of halogens is 3. The molecule has 2 aromatic rings. The Morgan fingerprint density at radius 3 is 2.45 bits per heavy atom. The minimum absolute atomic E-state index is 0.0378. The van der Waals surface area contributed by atoms with Crippen LogP contribution in [0.25, 0.3) is 0 Å². The number of carbonyl (C=O) groups excluding carboxylic acids is 1. The van der Waals surface area contributed by atoms with Crippen molar-refractivity contribution in [3.8, 4) is 0 Å². The fourth-order valence-electron chi connectivity index (χ4n) is 2.20. The predicted octanol–water partition coefficient (Wildman–Crippen LogP) is 4.56. The molecular formula is C16H13ClF2O. The number of aryl methyl sites for hydroxylation is 1. The van der Waals surface area contributed by atoms with Gasteiger partial charge in [-0.05, 0) is 53.4 Å². The van der Waals surface area contributed by atoms with Crippen LogP contribution in [0, 0.1) is 18.6 Å². The zero-order chi connectivity index (χ0) is 14.7. The number of benzene rings is 2. The smallest absolute Gasteiger partial charge is 0.222 e. The van der Waals surface area contributed by atoms with Gasteiger partial charge in [0.1, 0.15) is 11.6 Å². The van der Waals surface area contributed by atoms with Crippen LogP contribution < -0.4 is 0 Å². The first-order valence-corrected chi connectivity index (χ1v) is 6.55. The SMILES string of the molecule is Cc1cc(C(CC(=O)Cl)c2cccc(F)c2)ccc1F. The number of hydrogen-bond acceptors (Lipinski definition) is 1. The van der Waals surface area contributed by atoms with Gasteiger partial charge in [0.2, 0.25) is 5.24 Å². The Hall–Kier alpha value is -1.74. The Morgan fingerprint density at radius 1 is 1.15 bits per heavy atom. The maximum absolute atomic E-state index is 13.3. The Morgan fingerprint density at radius 2 is 1.85 bits per heavy atom. The highest BCUT2D eigenvalue weighted by atomic mass is 35.5. The van der Waals surface area contributed by atoms with Crippen molar-refractivity contribution < 1.29 is 13.6 Å². The highest BCUT2D eigenvalue weighted by molar-refractivity contribution is 6.63. The molecule has 20 heavy (non-hydrogen) atoms. The van der Waals surface area contributed by atoms with Crippen molar-refractivity contribution in [1.82, 2.24) is 0 Å². The quantitative estimate of drug-likeness (QED) is 0.756. The number of rotatable bonds is 4. The molecule has 0 spiro atoms. The third-order valence-corrected chi connectivity index (χ3v) is 3.35. The zero-order valence-corrected chi connectivity index (χ0v) is 11.6. The van der Waals surface area contributed by atoms with E-state index in [9.17, 15) is 13.6 Å². The summed E-state index contributed by atoms with van der Waals surface area (Å²) in [5.74, 6) is -1.08. The van der Waals surface area contributed by atoms with E-state index in [0.29, 0.717) is 11.1 Å². The van der Waals surface area contributed by atoms with E-state index in [1.165, 1.54) is 18.2 Å². The molecule has 0 N–H and O–H groups in total. The van der Waals surface area contributed by atoms with Crippen molar-refractivity contribution in [2.45, 2.75) is 19.3 Å². The van der Waals surface area contributed by atoms with Crippen LogP contribution in [0.3, 0.4) is 0 Å². The van der Waals surface area contributed by atoms with E-state index >= 15 is 0 Å². The lowest BCUT2D eigenvalue weighted by molar-refractivity contribution is -0.111. The fourth-order valence-corrected chi connectivity index (χ4v) is 2.35. The molecule has 2 rings (SSSR count). The summed E-state index contributed by atoms with van der Waals surface area (Å²) in [6, 6.07) is 10.6. The summed E-state index contributed by atoms with van der Waals surface area (Å²) in [5, 5.41) is -0.513. The maximum Gasteiger partial charge on any atom is 0.222 e. The molecule has 0 aliphatic carbocycles. The van der Waals surface area contributed by atoms with E-state index in [1.54, 1.807) is 31.2 Å². The van der Waals surface area contributed by atoms with Gasteiger partial charge in [-0.2, -0.15) is 0 Å². The van der Waals surface area contributed by atoms with Gasteiger partial charge in [0.15, 0.2) is 0 Å². The Balaban J connectivity index is 2.46. The van der Waals surface area contributed by atoms with Gasteiger partial charge < -0.3 is 0 Å². The minimum atomic E-state index is -0.513. The summed E-state index contributed by atoms with van der Waals surface area (Å²) in [7, 11) is 0. The first kappa shape index (κ1) is 14.7. The molecule has 0 amide bonds. The number of hydrogen-bond donors (Lipinski definition) is 0. The van der Waals surface area contributed by atoms with Gasteiger partial charge in [-0.15, -0.1) is 0 Å². The largest absolute Gasteiger partial charge is 0.281 e. The maximum atomic E-state index is 13.3. The van der Waals surface area contributed by atoms with Crippen molar-refractivity contribution in [3.05, 3.63) is 70.8 Å². The van der Waals surface area contributed by atoms with Gasteiger partial charge in [-0.1, -0.05) is 24.3 Å². The van der Waals surface area contributed by atoms with Crippen LogP contribution in [0.15, 0.2) is 42.5 Å². The lowest BCUT2D eigenvalue weighted by atomic mass is 9.88. The average molecular weight is 295 g/mol. The third-order valence-electron chi connectivity index (χ3n) is 3.20. The third kappa shape index (κ3) is 3.42. The molecule has 0 heterocycles. The average Bonchev–Trinajstić information content (AvgIpc) is 2.39. The standard InChI is InChI=1S/C16H13ClF2O/c1-10-7-12(5-6-15(10)19)14(9-16(17)20)11-3-2-4-13(18)8-11/h2-8,14H,9H2,1H3. The summed E-state index contributed by atoms with van der Waals surface area (Å²) in [4.78, 5) is 11.2. The van der Waals surface area contributed by atoms with Crippen molar-refractivity contribution in [3.63, 3.8) is 0 Å². The lowest BCUT2D eigenvalue weighted by Gasteiger charge is -2.17. The molecule has 0 saturated heterocycles. The van der Waals surface area contributed by atoms with E-state index in [4.69, 9.17) is 11.6 Å². The van der Waals surface area contributed by atoms with Crippen LogP contribution in [0.4, 0.5) is 8.78 Å².